The second kappa shape index (κ2) is 7.46. The van der Waals surface area contributed by atoms with Gasteiger partial charge in [-0.1, -0.05) is 0 Å². The molecule has 9 heteroatoms. The Labute approximate surface area is 126 Å². The van der Waals surface area contributed by atoms with Crippen molar-refractivity contribution in [3.8, 4) is 0 Å². The van der Waals surface area contributed by atoms with Crippen molar-refractivity contribution in [1.29, 1.82) is 0 Å². The summed E-state index contributed by atoms with van der Waals surface area (Å²) in [5.41, 5.74) is 0. The van der Waals surface area contributed by atoms with Gasteiger partial charge in [0.15, 0.2) is 0 Å². The molecule has 0 aliphatic carbocycles. The number of carbonyl (C=O) groups excluding carboxylic acids is 3. The number of rotatable bonds is 6. The van der Waals surface area contributed by atoms with Crippen LogP contribution in [0.25, 0.3) is 0 Å². The Balaban J connectivity index is 2.22. The number of likely N-dealkylation sites (tertiary alicyclic amines) is 1. The number of hydrogen-bond donors (Lipinski definition) is 2. The second-order valence-electron chi connectivity index (χ2n) is 5.44. The van der Waals surface area contributed by atoms with Gasteiger partial charge < -0.3 is 15.5 Å². The predicted molar refractivity (Wildman–Crippen MR) is 71.6 cm³/mol. The first-order valence-corrected chi connectivity index (χ1v) is 7.05. The zero-order chi connectivity index (χ0) is 16.9. The van der Waals surface area contributed by atoms with Gasteiger partial charge in [-0.3, -0.25) is 14.4 Å². The smallest absolute Gasteiger partial charge is 0.356 e. The van der Waals surface area contributed by atoms with E-state index in [2.05, 4.69) is 5.32 Å². The van der Waals surface area contributed by atoms with E-state index in [0.717, 1.165) is 0 Å². The third-order valence-electron chi connectivity index (χ3n) is 3.35. The first kappa shape index (κ1) is 18.2. The maximum atomic E-state index is 11.9. The van der Waals surface area contributed by atoms with E-state index in [1.807, 2.05) is 13.8 Å². The lowest BCUT2D eigenvalue weighted by atomic mass is 10.1. The van der Waals surface area contributed by atoms with Crippen LogP contribution in [0.4, 0.5) is 13.2 Å². The van der Waals surface area contributed by atoms with E-state index in [1.54, 1.807) is 10.2 Å². The number of nitrogens with one attached hydrogen (secondary N) is 2. The highest BCUT2D eigenvalue weighted by Crippen LogP contribution is 2.20. The average molecular weight is 323 g/mol. The molecule has 0 saturated carbocycles. The van der Waals surface area contributed by atoms with Gasteiger partial charge >= 0.3 is 12.1 Å². The Morgan fingerprint density at radius 2 is 1.86 bits per heavy atom. The zero-order valence-electron chi connectivity index (χ0n) is 12.5. The van der Waals surface area contributed by atoms with Crippen molar-refractivity contribution in [2.24, 2.45) is 5.92 Å². The van der Waals surface area contributed by atoms with E-state index in [4.69, 9.17) is 0 Å². The molecule has 1 unspecified atom stereocenters. The van der Waals surface area contributed by atoms with Crippen LogP contribution in [0.2, 0.25) is 0 Å². The molecule has 6 nitrogen and oxygen atoms in total. The fourth-order valence-electron chi connectivity index (χ4n) is 2.15. The molecule has 0 aromatic carbocycles. The highest BCUT2D eigenvalue weighted by Gasteiger charge is 2.38. The summed E-state index contributed by atoms with van der Waals surface area (Å²) in [6.07, 6.45) is -4.56. The zero-order valence-corrected chi connectivity index (χ0v) is 12.5. The molecule has 3 amide bonds. The first-order valence-electron chi connectivity index (χ1n) is 7.05. The quantitative estimate of drug-likeness (QED) is 0.696. The summed E-state index contributed by atoms with van der Waals surface area (Å²) in [4.78, 5) is 35.7. The largest absolute Gasteiger partial charge is 0.471 e. The van der Waals surface area contributed by atoms with Crippen LogP contribution in [-0.4, -0.2) is 54.5 Å². The molecule has 2 N–H and O–H groups in total. The van der Waals surface area contributed by atoms with Crippen LogP contribution in [-0.2, 0) is 14.4 Å². The van der Waals surface area contributed by atoms with Crippen molar-refractivity contribution in [3.63, 3.8) is 0 Å². The Morgan fingerprint density at radius 3 is 2.36 bits per heavy atom. The summed E-state index contributed by atoms with van der Waals surface area (Å²) in [5, 5.41) is 4.28. The van der Waals surface area contributed by atoms with Crippen LogP contribution in [0.1, 0.15) is 26.7 Å². The van der Waals surface area contributed by atoms with Gasteiger partial charge in [-0.25, -0.2) is 0 Å². The van der Waals surface area contributed by atoms with E-state index >= 15 is 0 Å². The molecular weight excluding hydrogens is 303 g/mol. The molecule has 0 bridgehead atoms. The first-order chi connectivity index (χ1) is 10.1. The molecular formula is C13H20F3N3O3. The SMILES string of the molecule is CC(C)N1CC(C(=O)NCCCNC(=O)C(F)(F)F)CC1=O. The molecule has 0 aromatic rings. The van der Waals surface area contributed by atoms with E-state index in [-0.39, 0.29) is 43.8 Å². The van der Waals surface area contributed by atoms with Gasteiger partial charge in [-0.2, -0.15) is 13.2 Å². The number of hydrogen-bond acceptors (Lipinski definition) is 3. The average Bonchev–Trinajstić information content (AvgIpc) is 2.79. The number of nitrogens with zero attached hydrogens (tertiary/aromatic N) is 1. The fourth-order valence-corrected chi connectivity index (χ4v) is 2.15. The molecule has 1 saturated heterocycles. The topological polar surface area (TPSA) is 78.5 Å². The molecule has 1 heterocycles. The summed E-state index contributed by atoms with van der Waals surface area (Å²) in [6, 6.07) is 0.0304. The van der Waals surface area contributed by atoms with Crippen LogP contribution >= 0.6 is 0 Å². The Hall–Kier alpha value is -1.80. The number of carbonyl (C=O) groups is 3. The lowest BCUT2D eigenvalue weighted by Crippen LogP contribution is -2.39. The summed E-state index contributed by atoms with van der Waals surface area (Å²) < 4.78 is 35.7. The van der Waals surface area contributed by atoms with Crippen molar-refractivity contribution in [1.82, 2.24) is 15.5 Å². The van der Waals surface area contributed by atoms with Gasteiger partial charge in [0, 0.05) is 32.1 Å². The predicted octanol–water partition coefficient (Wildman–Crippen LogP) is 0.428. The van der Waals surface area contributed by atoms with Crippen molar-refractivity contribution in [3.05, 3.63) is 0 Å². The monoisotopic (exact) mass is 323 g/mol. The van der Waals surface area contributed by atoms with Crippen molar-refractivity contribution in [2.75, 3.05) is 19.6 Å². The van der Waals surface area contributed by atoms with E-state index in [9.17, 15) is 27.6 Å². The highest BCUT2D eigenvalue weighted by atomic mass is 19.4. The minimum atomic E-state index is -4.90. The Morgan fingerprint density at radius 1 is 1.27 bits per heavy atom. The van der Waals surface area contributed by atoms with Gasteiger partial charge in [-0.05, 0) is 20.3 Å². The van der Waals surface area contributed by atoms with Gasteiger partial charge in [0.2, 0.25) is 11.8 Å². The number of amides is 3. The van der Waals surface area contributed by atoms with Crippen molar-refractivity contribution < 1.29 is 27.6 Å². The summed E-state index contributed by atoms with van der Waals surface area (Å²) in [7, 11) is 0. The van der Waals surface area contributed by atoms with E-state index in [1.165, 1.54) is 0 Å². The summed E-state index contributed by atoms with van der Waals surface area (Å²) >= 11 is 0. The molecule has 126 valence electrons. The van der Waals surface area contributed by atoms with Crippen LogP contribution in [0.15, 0.2) is 0 Å². The van der Waals surface area contributed by atoms with Gasteiger partial charge in [0.1, 0.15) is 0 Å². The lowest BCUT2D eigenvalue weighted by molar-refractivity contribution is -0.173. The number of halogens is 3. The third-order valence-corrected chi connectivity index (χ3v) is 3.35. The van der Waals surface area contributed by atoms with Crippen LogP contribution in [0.5, 0.6) is 0 Å². The van der Waals surface area contributed by atoms with Gasteiger partial charge in [0.05, 0.1) is 5.92 Å². The summed E-state index contributed by atoms with van der Waals surface area (Å²) in [6.45, 7) is 4.04. The van der Waals surface area contributed by atoms with Crippen LogP contribution < -0.4 is 10.6 Å². The second-order valence-corrected chi connectivity index (χ2v) is 5.44. The van der Waals surface area contributed by atoms with E-state index < -0.39 is 18.0 Å². The van der Waals surface area contributed by atoms with Crippen molar-refractivity contribution >= 4 is 17.7 Å². The van der Waals surface area contributed by atoms with Crippen LogP contribution in [0.3, 0.4) is 0 Å². The molecule has 1 rings (SSSR count). The minimum absolute atomic E-state index is 0.0304. The number of alkyl halides is 3. The highest BCUT2D eigenvalue weighted by molar-refractivity contribution is 5.89. The Bertz CT molecular complexity index is 438. The Kier molecular flexibility index (Phi) is 6.19. The maximum absolute atomic E-state index is 11.9. The minimum Gasteiger partial charge on any atom is -0.356 e. The standard InChI is InChI=1S/C13H20F3N3O3/c1-8(2)19-7-9(6-10(19)20)11(21)17-4-3-5-18-12(22)13(14,15)16/h8-9H,3-7H2,1-2H3,(H,17,21)(H,18,22). The molecule has 1 fully saturated rings. The lowest BCUT2D eigenvalue weighted by Gasteiger charge is -2.20. The van der Waals surface area contributed by atoms with Gasteiger partial charge in [0.25, 0.3) is 0 Å². The molecule has 0 aromatic heterocycles. The molecule has 22 heavy (non-hydrogen) atoms. The molecule has 0 spiro atoms. The van der Waals surface area contributed by atoms with Gasteiger partial charge in [-0.15, -0.1) is 0 Å². The molecule has 0 radical (unpaired) electrons. The molecule has 1 aliphatic rings. The van der Waals surface area contributed by atoms with E-state index in [0.29, 0.717) is 6.54 Å². The summed E-state index contributed by atoms with van der Waals surface area (Å²) in [5.74, 6) is -2.79. The van der Waals surface area contributed by atoms with Crippen LogP contribution in [0, 0.1) is 5.92 Å². The van der Waals surface area contributed by atoms with Crippen molar-refractivity contribution in [2.45, 2.75) is 38.9 Å². The third kappa shape index (κ3) is 5.19. The fraction of sp³-hybridized carbons (Fsp3) is 0.769. The maximum Gasteiger partial charge on any atom is 0.471 e. The normalized spacial score (nSPS) is 18.7. The molecule has 1 aliphatic heterocycles. The molecule has 1 atom stereocenters.